The average Bonchev–Trinajstić information content (AvgIpc) is 2.63. The Bertz CT molecular complexity index is 296. The molecule has 1 aliphatic rings. The standard InChI is InChI=1S/C9H13N3/c1-2-12-7-8(6-11-12)5-9(10)3-4-9/h2,6-7H,1,3-5,10H2. The first-order valence-corrected chi connectivity index (χ1v) is 4.16. The molecule has 1 aromatic heterocycles. The third kappa shape index (κ3) is 1.41. The van der Waals surface area contributed by atoms with E-state index in [4.69, 9.17) is 5.73 Å². The van der Waals surface area contributed by atoms with E-state index in [0.29, 0.717) is 0 Å². The van der Waals surface area contributed by atoms with Crippen molar-refractivity contribution in [2.24, 2.45) is 5.73 Å². The summed E-state index contributed by atoms with van der Waals surface area (Å²) in [4.78, 5) is 0. The Balaban J connectivity index is 2.08. The van der Waals surface area contributed by atoms with Gasteiger partial charge in [0.05, 0.1) is 6.20 Å². The Labute approximate surface area is 71.9 Å². The van der Waals surface area contributed by atoms with E-state index in [1.165, 1.54) is 5.56 Å². The summed E-state index contributed by atoms with van der Waals surface area (Å²) in [6.45, 7) is 3.63. The molecule has 0 radical (unpaired) electrons. The van der Waals surface area contributed by atoms with E-state index < -0.39 is 0 Å². The molecule has 1 saturated carbocycles. The van der Waals surface area contributed by atoms with E-state index >= 15 is 0 Å². The van der Waals surface area contributed by atoms with Crippen molar-refractivity contribution >= 4 is 6.20 Å². The molecule has 1 aliphatic carbocycles. The van der Waals surface area contributed by atoms with E-state index in [0.717, 1.165) is 19.3 Å². The third-order valence-corrected chi connectivity index (χ3v) is 2.29. The summed E-state index contributed by atoms with van der Waals surface area (Å²) in [5.74, 6) is 0. The Morgan fingerprint density at radius 1 is 1.75 bits per heavy atom. The van der Waals surface area contributed by atoms with Crippen LogP contribution in [0.2, 0.25) is 0 Å². The molecule has 0 saturated heterocycles. The zero-order valence-corrected chi connectivity index (χ0v) is 7.03. The summed E-state index contributed by atoms with van der Waals surface area (Å²) in [6.07, 6.45) is 8.74. The minimum atomic E-state index is 0.0784. The first-order chi connectivity index (χ1) is 5.72. The quantitative estimate of drug-likeness (QED) is 0.723. The lowest BCUT2D eigenvalue weighted by Gasteiger charge is -2.03. The van der Waals surface area contributed by atoms with Crippen LogP contribution in [0.3, 0.4) is 0 Å². The van der Waals surface area contributed by atoms with Crippen LogP contribution < -0.4 is 5.73 Å². The molecule has 0 atom stereocenters. The summed E-state index contributed by atoms with van der Waals surface area (Å²) in [6, 6.07) is 0. The SMILES string of the molecule is C=Cn1cc(CC2(N)CC2)cn1. The molecule has 0 aliphatic heterocycles. The Hall–Kier alpha value is -1.09. The maximum atomic E-state index is 5.97. The summed E-state index contributed by atoms with van der Waals surface area (Å²) in [7, 11) is 0. The van der Waals surface area contributed by atoms with Crippen molar-refractivity contribution < 1.29 is 0 Å². The second-order valence-electron chi connectivity index (χ2n) is 3.55. The molecule has 1 fully saturated rings. The largest absolute Gasteiger partial charge is 0.325 e. The molecule has 0 bridgehead atoms. The normalized spacial score (nSPS) is 19.1. The number of nitrogens with two attached hydrogens (primary N) is 1. The van der Waals surface area contributed by atoms with Gasteiger partial charge in [-0.25, -0.2) is 4.68 Å². The van der Waals surface area contributed by atoms with Gasteiger partial charge in [-0.05, 0) is 24.8 Å². The van der Waals surface area contributed by atoms with Gasteiger partial charge in [0.15, 0.2) is 0 Å². The average molecular weight is 163 g/mol. The van der Waals surface area contributed by atoms with E-state index in [9.17, 15) is 0 Å². The number of nitrogens with zero attached hydrogens (tertiary/aromatic N) is 2. The van der Waals surface area contributed by atoms with Gasteiger partial charge in [-0.15, -0.1) is 0 Å². The van der Waals surface area contributed by atoms with E-state index in [-0.39, 0.29) is 5.54 Å². The molecule has 12 heavy (non-hydrogen) atoms. The van der Waals surface area contributed by atoms with Gasteiger partial charge >= 0.3 is 0 Å². The highest BCUT2D eigenvalue weighted by Gasteiger charge is 2.38. The Kier molecular flexibility index (Phi) is 1.54. The Morgan fingerprint density at radius 2 is 2.50 bits per heavy atom. The zero-order valence-electron chi connectivity index (χ0n) is 7.03. The van der Waals surface area contributed by atoms with E-state index in [1.807, 2.05) is 12.4 Å². The number of hydrogen-bond acceptors (Lipinski definition) is 2. The minimum absolute atomic E-state index is 0.0784. The van der Waals surface area contributed by atoms with Gasteiger partial charge in [0.1, 0.15) is 0 Å². The van der Waals surface area contributed by atoms with E-state index in [2.05, 4.69) is 11.7 Å². The molecular formula is C9H13N3. The fourth-order valence-electron chi connectivity index (χ4n) is 1.31. The summed E-state index contributed by atoms with van der Waals surface area (Å²) >= 11 is 0. The molecule has 2 N–H and O–H groups in total. The molecule has 1 aromatic rings. The van der Waals surface area contributed by atoms with Gasteiger partial charge in [0, 0.05) is 17.9 Å². The molecule has 64 valence electrons. The van der Waals surface area contributed by atoms with Crippen LogP contribution >= 0.6 is 0 Å². The predicted molar refractivity (Wildman–Crippen MR) is 48.5 cm³/mol. The molecule has 0 amide bonds. The number of hydrogen-bond donors (Lipinski definition) is 1. The molecule has 0 aromatic carbocycles. The van der Waals surface area contributed by atoms with Crippen molar-refractivity contribution in [2.75, 3.05) is 0 Å². The van der Waals surface area contributed by atoms with Crippen LogP contribution in [-0.4, -0.2) is 15.3 Å². The van der Waals surface area contributed by atoms with Gasteiger partial charge in [-0.3, -0.25) is 0 Å². The van der Waals surface area contributed by atoms with Crippen LogP contribution in [0.5, 0.6) is 0 Å². The molecular weight excluding hydrogens is 150 g/mol. The lowest BCUT2D eigenvalue weighted by Crippen LogP contribution is -2.24. The van der Waals surface area contributed by atoms with Crippen LogP contribution in [0.4, 0.5) is 0 Å². The van der Waals surface area contributed by atoms with Crippen molar-refractivity contribution in [3.8, 4) is 0 Å². The van der Waals surface area contributed by atoms with Gasteiger partial charge < -0.3 is 5.73 Å². The van der Waals surface area contributed by atoms with Crippen molar-refractivity contribution in [1.82, 2.24) is 9.78 Å². The van der Waals surface area contributed by atoms with Crippen LogP contribution in [0.25, 0.3) is 6.20 Å². The van der Waals surface area contributed by atoms with Crippen molar-refractivity contribution in [3.63, 3.8) is 0 Å². The Morgan fingerprint density at radius 3 is 3.00 bits per heavy atom. The van der Waals surface area contributed by atoms with Crippen LogP contribution in [0.15, 0.2) is 19.0 Å². The summed E-state index contributed by atoms with van der Waals surface area (Å²) in [5, 5.41) is 4.09. The smallest absolute Gasteiger partial charge is 0.0526 e. The molecule has 0 spiro atoms. The number of rotatable bonds is 3. The predicted octanol–water partition coefficient (Wildman–Crippen LogP) is 1.02. The second kappa shape index (κ2) is 2.45. The first-order valence-electron chi connectivity index (χ1n) is 4.16. The van der Waals surface area contributed by atoms with Crippen molar-refractivity contribution in [2.45, 2.75) is 24.8 Å². The van der Waals surface area contributed by atoms with Crippen LogP contribution in [0.1, 0.15) is 18.4 Å². The fraction of sp³-hybridized carbons (Fsp3) is 0.444. The highest BCUT2D eigenvalue weighted by Crippen LogP contribution is 2.35. The number of aromatic nitrogens is 2. The lowest BCUT2D eigenvalue weighted by atomic mass is 10.1. The molecule has 1 heterocycles. The first kappa shape index (κ1) is 7.55. The van der Waals surface area contributed by atoms with Gasteiger partial charge in [0.25, 0.3) is 0 Å². The zero-order chi connectivity index (χ0) is 8.60. The topological polar surface area (TPSA) is 43.8 Å². The summed E-state index contributed by atoms with van der Waals surface area (Å²) in [5.41, 5.74) is 7.25. The van der Waals surface area contributed by atoms with Gasteiger partial charge in [-0.2, -0.15) is 5.10 Å². The highest BCUT2D eigenvalue weighted by atomic mass is 15.2. The second-order valence-corrected chi connectivity index (χ2v) is 3.55. The maximum Gasteiger partial charge on any atom is 0.0526 e. The summed E-state index contributed by atoms with van der Waals surface area (Å²) < 4.78 is 1.71. The molecule has 0 unspecified atom stereocenters. The van der Waals surface area contributed by atoms with E-state index in [1.54, 1.807) is 10.9 Å². The highest BCUT2D eigenvalue weighted by molar-refractivity contribution is 5.21. The van der Waals surface area contributed by atoms with Crippen LogP contribution in [-0.2, 0) is 6.42 Å². The molecule has 3 heteroatoms. The fourth-order valence-corrected chi connectivity index (χ4v) is 1.31. The van der Waals surface area contributed by atoms with Gasteiger partial charge in [0.2, 0.25) is 0 Å². The van der Waals surface area contributed by atoms with Crippen molar-refractivity contribution in [1.29, 1.82) is 0 Å². The third-order valence-electron chi connectivity index (χ3n) is 2.29. The van der Waals surface area contributed by atoms with Crippen molar-refractivity contribution in [3.05, 3.63) is 24.5 Å². The maximum absolute atomic E-state index is 5.97. The molecule has 3 nitrogen and oxygen atoms in total. The minimum Gasteiger partial charge on any atom is -0.325 e. The lowest BCUT2D eigenvalue weighted by molar-refractivity contribution is 0.672. The molecule has 2 rings (SSSR count). The monoisotopic (exact) mass is 163 g/mol. The van der Waals surface area contributed by atoms with Crippen LogP contribution in [0, 0.1) is 0 Å². The van der Waals surface area contributed by atoms with Gasteiger partial charge in [-0.1, -0.05) is 6.58 Å².